The molecule has 0 saturated heterocycles. The van der Waals surface area contributed by atoms with E-state index in [9.17, 15) is 18.3 Å². The van der Waals surface area contributed by atoms with Crippen LogP contribution in [-0.4, -0.2) is 29.3 Å². The molecule has 4 rings (SSSR count). The minimum Gasteiger partial charge on any atom is -0.478 e. The summed E-state index contributed by atoms with van der Waals surface area (Å²) in [7, 11) is -3.85. The first-order chi connectivity index (χ1) is 15.8. The molecule has 0 unspecified atom stereocenters. The molecule has 0 aliphatic carbocycles. The number of anilines is 1. The maximum atomic E-state index is 13.2. The molecule has 1 heterocycles. The van der Waals surface area contributed by atoms with Crippen LogP contribution in [-0.2, 0) is 16.6 Å². The summed E-state index contributed by atoms with van der Waals surface area (Å²) in [6.07, 6.45) is 3.30. The Morgan fingerprint density at radius 1 is 1.06 bits per heavy atom. The summed E-state index contributed by atoms with van der Waals surface area (Å²) in [5.74, 6) is -1.000. The number of nitrogens with one attached hydrogen (secondary N) is 1. The standard InChI is InChI=1S/C25H25N3O4S/c1-3-4-14-28-17(2)24(16-26-28)33(31,32)27-23-13-12-20(21-10-5-6-11-22(21)23)18-8-7-9-19(15-18)25(29)30/h5-13,15-16,27H,3-4,14H2,1-2H3,(H,29,30). The number of benzene rings is 3. The molecule has 2 N–H and O–H groups in total. The molecule has 0 aliphatic rings. The number of aryl methyl sites for hydroxylation is 1. The molecule has 3 aromatic carbocycles. The molecule has 0 radical (unpaired) electrons. The summed E-state index contributed by atoms with van der Waals surface area (Å²) in [5.41, 5.74) is 2.80. The van der Waals surface area contributed by atoms with Crippen LogP contribution in [0.1, 0.15) is 35.8 Å². The van der Waals surface area contributed by atoms with Crippen LogP contribution in [0.2, 0.25) is 0 Å². The number of carbonyl (C=O) groups is 1. The summed E-state index contributed by atoms with van der Waals surface area (Å²) in [6, 6.07) is 17.6. The molecule has 170 valence electrons. The van der Waals surface area contributed by atoms with Gasteiger partial charge < -0.3 is 5.11 Å². The molecule has 8 heteroatoms. The number of fused-ring (bicyclic) bond motifs is 1. The fourth-order valence-electron chi connectivity index (χ4n) is 3.89. The maximum Gasteiger partial charge on any atom is 0.335 e. The lowest BCUT2D eigenvalue weighted by molar-refractivity contribution is 0.0697. The van der Waals surface area contributed by atoms with Crippen LogP contribution in [0.15, 0.2) is 71.8 Å². The molecular weight excluding hydrogens is 438 g/mol. The zero-order valence-electron chi connectivity index (χ0n) is 18.4. The molecule has 0 fully saturated rings. The Balaban J connectivity index is 1.75. The van der Waals surface area contributed by atoms with Gasteiger partial charge in [-0.1, -0.05) is 55.8 Å². The number of hydrogen-bond donors (Lipinski definition) is 2. The second-order valence-electron chi connectivity index (χ2n) is 7.87. The van der Waals surface area contributed by atoms with Crippen molar-refractivity contribution in [2.24, 2.45) is 0 Å². The van der Waals surface area contributed by atoms with E-state index in [1.54, 1.807) is 41.9 Å². The smallest absolute Gasteiger partial charge is 0.335 e. The fraction of sp³-hybridized carbons (Fsp3) is 0.200. The molecule has 0 amide bonds. The monoisotopic (exact) mass is 463 g/mol. The SMILES string of the molecule is CCCCn1ncc(S(=O)(=O)Nc2ccc(-c3cccc(C(=O)O)c3)c3ccccc23)c1C. The van der Waals surface area contributed by atoms with E-state index < -0.39 is 16.0 Å². The number of carboxylic acids is 1. The van der Waals surface area contributed by atoms with E-state index in [4.69, 9.17) is 0 Å². The molecular formula is C25H25N3O4S. The van der Waals surface area contributed by atoms with Crippen LogP contribution in [0, 0.1) is 6.92 Å². The topological polar surface area (TPSA) is 101 Å². The first-order valence-corrected chi connectivity index (χ1v) is 12.2. The number of unbranched alkanes of at least 4 members (excludes halogenated alkanes) is 1. The van der Waals surface area contributed by atoms with Crippen molar-refractivity contribution in [3.63, 3.8) is 0 Å². The number of rotatable bonds is 8. The molecule has 0 aliphatic heterocycles. The van der Waals surface area contributed by atoms with E-state index in [0.29, 0.717) is 17.9 Å². The van der Waals surface area contributed by atoms with E-state index in [-0.39, 0.29) is 10.5 Å². The summed E-state index contributed by atoms with van der Waals surface area (Å²) in [6.45, 7) is 4.50. The van der Waals surface area contributed by atoms with Crippen LogP contribution < -0.4 is 4.72 Å². The lowest BCUT2D eigenvalue weighted by Gasteiger charge is -2.14. The van der Waals surface area contributed by atoms with Crippen molar-refractivity contribution >= 4 is 32.5 Å². The van der Waals surface area contributed by atoms with Gasteiger partial charge in [-0.15, -0.1) is 0 Å². The Morgan fingerprint density at radius 2 is 1.82 bits per heavy atom. The minimum atomic E-state index is -3.85. The molecule has 0 saturated carbocycles. The predicted octanol–water partition coefficient (Wildman–Crippen LogP) is 5.31. The molecule has 4 aromatic rings. The van der Waals surface area contributed by atoms with Gasteiger partial charge in [-0.05, 0) is 48.1 Å². The fourth-order valence-corrected chi connectivity index (χ4v) is 5.14. The first-order valence-electron chi connectivity index (χ1n) is 10.7. The van der Waals surface area contributed by atoms with E-state index in [1.165, 1.54) is 6.20 Å². The van der Waals surface area contributed by atoms with Crippen LogP contribution >= 0.6 is 0 Å². The highest BCUT2D eigenvalue weighted by Crippen LogP contribution is 2.34. The van der Waals surface area contributed by atoms with Gasteiger partial charge in [-0.3, -0.25) is 9.40 Å². The lowest BCUT2D eigenvalue weighted by atomic mass is 9.96. The summed E-state index contributed by atoms with van der Waals surface area (Å²) >= 11 is 0. The Hall–Kier alpha value is -3.65. The van der Waals surface area contributed by atoms with Gasteiger partial charge in [0.2, 0.25) is 0 Å². The highest BCUT2D eigenvalue weighted by molar-refractivity contribution is 7.92. The Morgan fingerprint density at radius 3 is 2.55 bits per heavy atom. The van der Waals surface area contributed by atoms with Gasteiger partial charge >= 0.3 is 5.97 Å². The van der Waals surface area contributed by atoms with Crippen molar-refractivity contribution in [3.05, 3.63) is 78.1 Å². The third-order valence-electron chi connectivity index (χ3n) is 5.66. The summed E-state index contributed by atoms with van der Waals surface area (Å²) in [4.78, 5) is 11.6. The second kappa shape index (κ2) is 9.07. The van der Waals surface area contributed by atoms with Crippen LogP contribution in [0.5, 0.6) is 0 Å². The molecule has 1 aromatic heterocycles. The average molecular weight is 464 g/mol. The minimum absolute atomic E-state index is 0.154. The first kappa shape index (κ1) is 22.5. The van der Waals surface area contributed by atoms with Crippen LogP contribution in [0.3, 0.4) is 0 Å². The third-order valence-corrected chi connectivity index (χ3v) is 7.13. The summed E-state index contributed by atoms with van der Waals surface area (Å²) in [5, 5.41) is 15.1. The summed E-state index contributed by atoms with van der Waals surface area (Å²) < 4.78 is 30.8. The quantitative estimate of drug-likeness (QED) is 0.369. The second-order valence-corrected chi connectivity index (χ2v) is 9.52. The predicted molar refractivity (Wildman–Crippen MR) is 129 cm³/mol. The van der Waals surface area contributed by atoms with E-state index >= 15 is 0 Å². The van der Waals surface area contributed by atoms with E-state index in [1.807, 2.05) is 30.3 Å². The number of hydrogen-bond acceptors (Lipinski definition) is 4. The highest BCUT2D eigenvalue weighted by Gasteiger charge is 2.22. The third kappa shape index (κ3) is 4.47. The van der Waals surface area contributed by atoms with Gasteiger partial charge in [-0.25, -0.2) is 13.2 Å². The van der Waals surface area contributed by atoms with Crippen LogP contribution in [0.25, 0.3) is 21.9 Å². The van der Waals surface area contributed by atoms with Crippen molar-refractivity contribution < 1.29 is 18.3 Å². The van der Waals surface area contributed by atoms with Crippen molar-refractivity contribution in [2.75, 3.05) is 4.72 Å². The number of nitrogens with zero attached hydrogens (tertiary/aromatic N) is 2. The van der Waals surface area contributed by atoms with Crippen molar-refractivity contribution in [1.82, 2.24) is 9.78 Å². The Labute approximate surface area is 192 Å². The Kier molecular flexibility index (Phi) is 6.20. The number of carboxylic acid groups (broad SMARTS) is 1. The molecule has 0 spiro atoms. The molecule has 0 bridgehead atoms. The average Bonchev–Trinajstić information content (AvgIpc) is 3.19. The molecule has 7 nitrogen and oxygen atoms in total. The van der Waals surface area contributed by atoms with E-state index in [2.05, 4.69) is 16.7 Å². The van der Waals surface area contributed by atoms with Gasteiger partial charge in [-0.2, -0.15) is 5.10 Å². The van der Waals surface area contributed by atoms with Crippen molar-refractivity contribution in [2.45, 2.75) is 38.1 Å². The van der Waals surface area contributed by atoms with Gasteiger partial charge in [0.05, 0.1) is 23.1 Å². The van der Waals surface area contributed by atoms with E-state index in [0.717, 1.165) is 34.7 Å². The number of sulfonamides is 1. The zero-order valence-corrected chi connectivity index (χ0v) is 19.3. The number of aromatic nitrogens is 2. The van der Waals surface area contributed by atoms with Gasteiger partial charge in [0.25, 0.3) is 10.0 Å². The van der Waals surface area contributed by atoms with Crippen LogP contribution in [0.4, 0.5) is 5.69 Å². The largest absolute Gasteiger partial charge is 0.478 e. The molecule has 0 atom stereocenters. The normalized spacial score (nSPS) is 11.6. The van der Waals surface area contributed by atoms with Gasteiger partial charge in [0.15, 0.2) is 0 Å². The molecule has 33 heavy (non-hydrogen) atoms. The van der Waals surface area contributed by atoms with Crippen molar-refractivity contribution in [3.8, 4) is 11.1 Å². The Bertz CT molecular complexity index is 1440. The maximum absolute atomic E-state index is 13.2. The van der Waals surface area contributed by atoms with Gasteiger partial charge in [0.1, 0.15) is 4.90 Å². The highest BCUT2D eigenvalue weighted by atomic mass is 32.2. The van der Waals surface area contributed by atoms with Crippen molar-refractivity contribution in [1.29, 1.82) is 0 Å². The number of aromatic carboxylic acids is 1. The zero-order chi connectivity index (χ0) is 23.6. The lowest BCUT2D eigenvalue weighted by Crippen LogP contribution is -2.14. The van der Waals surface area contributed by atoms with Gasteiger partial charge in [0, 0.05) is 11.9 Å².